The molecule has 1 fully saturated rings. The number of nitrogens with zero attached hydrogens (tertiary/aromatic N) is 2. The Kier molecular flexibility index (Phi) is 4.95. The third-order valence-corrected chi connectivity index (χ3v) is 7.40. The fourth-order valence-corrected chi connectivity index (χ4v) is 5.77. The third kappa shape index (κ3) is 3.56. The van der Waals surface area contributed by atoms with Gasteiger partial charge >= 0.3 is 4.87 Å². The molecule has 0 atom stereocenters. The summed E-state index contributed by atoms with van der Waals surface area (Å²) in [4.78, 5) is 25.7. The van der Waals surface area contributed by atoms with Crippen molar-refractivity contribution in [3.05, 3.63) is 51.6 Å². The van der Waals surface area contributed by atoms with E-state index in [9.17, 15) is 18.0 Å². The monoisotopic (exact) mass is 431 g/mol. The summed E-state index contributed by atoms with van der Waals surface area (Å²) in [6, 6.07) is 9.86. The first kappa shape index (κ1) is 19.7. The van der Waals surface area contributed by atoms with E-state index < -0.39 is 10.0 Å². The van der Waals surface area contributed by atoms with Crippen LogP contribution >= 0.6 is 11.3 Å². The molecule has 1 aromatic heterocycles. The van der Waals surface area contributed by atoms with Gasteiger partial charge in [0.15, 0.2) is 0 Å². The van der Waals surface area contributed by atoms with Crippen molar-refractivity contribution in [2.24, 2.45) is 0 Å². The van der Waals surface area contributed by atoms with Gasteiger partial charge < -0.3 is 4.90 Å². The summed E-state index contributed by atoms with van der Waals surface area (Å²) in [7, 11) is -3.80. The highest BCUT2D eigenvalue weighted by atomic mass is 32.2. The topological polar surface area (TPSA) is 88.5 Å². The minimum Gasteiger partial charge on any atom is -0.312 e. The normalized spacial score (nSPS) is 14.7. The van der Waals surface area contributed by atoms with Crippen LogP contribution in [0.5, 0.6) is 0 Å². The Bertz CT molecular complexity index is 1270. The Labute approximate surface area is 172 Å². The number of hydrogen-bond donors (Lipinski definition) is 1. The molecule has 1 aliphatic heterocycles. The molecule has 0 radical (unpaired) electrons. The standard InChI is InChI=1S/C20H21N3O4S2/c1-3-22-17-8-6-14(12-18(17)28-20(22)25)21-29(26,27)15-7-9-16(13(2)11-15)23-10-4-5-19(23)24/h6-9,11-12,21H,3-5,10H2,1-2H3. The van der Waals surface area contributed by atoms with Gasteiger partial charge in [-0.25, -0.2) is 8.42 Å². The zero-order valence-electron chi connectivity index (χ0n) is 16.1. The van der Waals surface area contributed by atoms with Gasteiger partial charge in [-0.3, -0.25) is 18.9 Å². The van der Waals surface area contributed by atoms with E-state index in [1.165, 1.54) is 6.07 Å². The summed E-state index contributed by atoms with van der Waals surface area (Å²) in [5.41, 5.74) is 2.68. The predicted molar refractivity (Wildman–Crippen MR) is 115 cm³/mol. The molecule has 3 aromatic rings. The van der Waals surface area contributed by atoms with Crippen LogP contribution in [-0.2, 0) is 21.4 Å². The first-order chi connectivity index (χ1) is 13.8. The van der Waals surface area contributed by atoms with Crippen molar-refractivity contribution in [1.82, 2.24) is 4.57 Å². The number of aromatic nitrogens is 1. The van der Waals surface area contributed by atoms with Crippen LogP contribution in [0.15, 0.2) is 46.1 Å². The SMILES string of the molecule is CCn1c(=O)sc2cc(NS(=O)(=O)c3ccc(N4CCCC4=O)c(C)c3)ccc21. The number of aryl methyl sites for hydroxylation is 2. The van der Waals surface area contributed by atoms with Gasteiger partial charge in [-0.05, 0) is 62.2 Å². The van der Waals surface area contributed by atoms with Gasteiger partial charge in [-0.2, -0.15) is 0 Å². The first-order valence-corrected chi connectivity index (χ1v) is 11.7. The van der Waals surface area contributed by atoms with Gasteiger partial charge in [0.1, 0.15) is 0 Å². The van der Waals surface area contributed by atoms with Crippen LogP contribution < -0.4 is 14.5 Å². The lowest BCUT2D eigenvalue weighted by Gasteiger charge is -2.19. The molecular weight excluding hydrogens is 410 g/mol. The number of nitrogens with one attached hydrogen (secondary N) is 1. The van der Waals surface area contributed by atoms with Crippen LogP contribution in [0.25, 0.3) is 10.2 Å². The van der Waals surface area contributed by atoms with Crippen molar-refractivity contribution < 1.29 is 13.2 Å². The number of carbonyl (C=O) groups excluding carboxylic acids is 1. The molecule has 0 saturated carbocycles. The predicted octanol–water partition coefficient (Wildman–Crippen LogP) is 3.32. The second-order valence-corrected chi connectivity index (χ2v) is 9.67. The Morgan fingerprint density at radius 1 is 1.14 bits per heavy atom. The molecule has 0 unspecified atom stereocenters. The number of thiazole rings is 1. The average Bonchev–Trinajstić information content (AvgIpc) is 3.22. The number of carbonyl (C=O) groups is 1. The van der Waals surface area contributed by atoms with Gasteiger partial charge in [0.2, 0.25) is 5.91 Å². The molecular formula is C20H21N3O4S2. The lowest BCUT2D eigenvalue weighted by atomic mass is 10.2. The molecule has 29 heavy (non-hydrogen) atoms. The average molecular weight is 432 g/mol. The van der Waals surface area contributed by atoms with Gasteiger partial charge in [0.05, 0.1) is 20.8 Å². The Balaban J connectivity index is 1.63. The maximum absolute atomic E-state index is 12.9. The van der Waals surface area contributed by atoms with E-state index in [2.05, 4.69) is 4.72 Å². The Morgan fingerprint density at radius 2 is 1.93 bits per heavy atom. The van der Waals surface area contributed by atoms with Crippen molar-refractivity contribution in [3.63, 3.8) is 0 Å². The number of amides is 1. The van der Waals surface area contributed by atoms with Gasteiger partial charge in [-0.15, -0.1) is 0 Å². The molecule has 1 aliphatic rings. The van der Waals surface area contributed by atoms with Gasteiger partial charge in [-0.1, -0.05) is 11.3 Å². The quantitative estimate of drug-likeness (QED) is 0.671. The molecule has 0 bridgehead atoms. The number of hydrogen-bond acceptors (Lipinski definition) is 5. The van der Waals surface area contributed by atoms with Crippen molar-refractivity contribution in [1.29, 1.82) is 0 Å². The number of anilines is 2. The van der Waals surface area contributed by atoms with Crippen LogP contribution in [0.4, 0.5) is 11.4 Å². The van der Waals surface area contributed by atoms with Crippen molar-refractivity contribution >= 4 is 48.9 Å². The fourth-order valence-electron chi connectivity index (χ4n) is 3.64. The van der Waals surface area contributed by atoms with E-state index >= 15 is 0 Å². The van der Waals surface area contributed by atoms with E-state index in [-0.39, 0.29) is 15.7 Å². The van der Waals surface area contributed by atoms with Crippen molar-refractivity contribution in [3.8, 4) is 0 Å². The third-order valence-electron chi connectivity index (χ3n) is 5.08. The van der Waals surface area contributed by atoms with E-state index in [0.29, 0.717) is 25.2 Å². The summed E-state index contributed by atoms with van der Waals surface area (Å²) >= 11 is 1.09. The smallest absolute Gasteiger partial charge is 0.308 e. The number of fused-ring (bicyclic) bond motifs is 1. The Hall–Kier alpha value is -2.65. The largest absolute Gasteiger partial charge is 0.312 e. The van der Waals surface area contributed by atoms with E-state index in [1.807, 2.05) is 6.92 Å². The molecule has 0 spiro atoms. The highest BCUT2D eigenvalue weighted by Gasteiger charge is 2.24. The maximum Gasteiger partial charge on any atom is 0.308 e. The molecule has 2 heterocycles. The summed E-state index contributed by atoms with van der Waals surface area (Å²) in [5.74, 6) is 0.0631. The molecule has 1 N–H and O–H groups in total. The second-order valence-electron chi connectivity index (χ2n) is 7.00. The zero-order valence-corrected chi connectivity index (χ0v) is 17.8. The van der Waals surface area contributed by atoms with Gasteiger partial charge in [0, 0.05) is 25.2 Å². The van der Waals surface area contributed by atoms with Crippen LogP contribution in [0.3, 0.4) is 0 Å². The lowest BCUT2D eigenvalue weighted by Crippen LogP contribution is -2.24. The second kappa shape index (κ2) is 7.31. The molecule has 2 aromatic carbocycles. The van der Waals surface area contributed by atoms with Crippen LogP contribution in [0, 0.1) is 6.92 Å². The summed E-state index contributed by atoms with van der Waals surface area (Å²) < 4.78 is 30.7. The van der Waals surface area contributed by atoms with E-state index in [1.54, 1.807) is 46.7 Å². The molecule has 1 saturated heterocycles. The highest BCUT2D eigenvalue weighted by Crippen LogP contribution is 2.29. The molecule has 152 valence electrons. The maximum atomic E-state index is 12.9. The zero-order chi connectivity index (χ0) is 20.8. The fraction of sp³-hybridized carbons (Fsp3) is 0.300. The molecule has 9 heteroatoms. The minimum atomic E-state index is -3.80. The van der Waals surface area contributed by atoms with Gasteiger partial charge in [0.25, 0.3) is 10.0 Å². The summed E-state index contributed by atoms with van der Waals surface area (Å²) in [6.45, 7) is 4.92. The minimum absolute atomic E-state index is 0.0631. The van der Waals surface area contributed by atoms with Crippen molar-refractivity contribution in [2.75, 3.05) is 16.2 Å². The van der Waals surface area contributed by atoms with Crippen LogP contribution in [0.2, 0.25) is 0 Å². The molecule has 1 amide bonds. The summed E-state index contributed by atoms with van der Waals surface area (Å²) in [5, 5.41) is 0. The summed E-state index contributed by atoms with van der Waals surface area (Å²) in [6.07, 6.45) is 1.34. The Morgan fingerprint density at radius 3 is 2.59 bits per heavy atom. The molecule has 4 rings (SSSR count). The lowest BCUT2D eigenvalue weighted by molar-refractivity contribution is -0.117. The number of benzene rings is 2. The highest BCUT2D eigenvalue weighted by molar-refractivity contribution is 7.92. The van der Waals surface area contributed by atoms with E-state index in [0.717, 1.165) is 39.2 Å². The number of rotatable bonds is 5. The van der Waals surface area contributed by atoms with Crippen molar-refractivity contribution in [2.45, 2.75) is 38.1 Å². The van der Waals surface area contributed by atoms with Crippen LogP contribution in [-0.4, -0.2) is 25.4 Å². The number of sulfonamides is 1. The van der Waals surface area contributed by atoms with Crippen LogP contribution in [0.1, 0.15) is 25.3 Å². The molecule has 7 nitrogen and oxygen atoms in total. The molecule has 0 aliphatic carbocycles. The van der Waals surface area contributed by atoms with E-state index in [4.69, 9.17) is 0 Å². The first-order valence-electron chi connectivity index (χ1n) is 9.37.